The maximum atomic E-state index is 12.5. The van der Waals surface area contributed by atoms with E-state index < -0.39 is 0 Å². The zero-order valence-electron chi connectivity index (χ0n) is 16.1. The highest BCUT2D eigenvalue weighted by Crippen LogP contribution is 2.30. The Hall–Kier alpha value is -2.80. The van der Waals surface area contributed by atoms with E-state index in [1.165, 1.54) is 10.3 Å². The lowest BCUT2D eigenvalue weighted by Gasteiger charge is -2.34. The lowest BCUT2D eigenvalue weighted by molar-refractivity contribution is -0.133. The van der Waals surface area contributed by atoms with Crippen molar-refractivity contribution in [3.8, 4) is 11.5 Å². The highest BCUT2D eigenvalue weighted by atomic mass is 32.1. The van der Waals surface area contributed by atoms with Crippen LogP contribution in [0, 0.1) is 6.92 Å². The van der Waals surface area contributed by atoms with E-state index in [-0.39, 0.29) is 12.5 Å². The standard InChI is InChI=1S/C21H23N3O3S/c1-15-3-8-18-19(13-15)28-21(22-18)24-11-9-23(10-12-24)20(25)14-27-17-6-4-16(26-2)5-7-17/h3-8,13H,9-12,14H2,1-2H3. The molecule has 6 nitrogen and oxygen atoms in total. The molecular weight excluding hydrogens is 374 g/mol. The Balaban J connectivity index is 1.30. The van der Waals surface area contributed by atoms with Gasteiger partial charge in [0.1, 0.15) is 11.5 Å². The number of nitrogens with zero attached hydrogens (tertiary/aromatic N) is 3. The van der Waals surface area contributed by atoms with Gasteiger partial charge in [-0.1, -0.05) is 17.4 Å². The van der Waals surface area contributed by atoms with E-state index in [0.29, 0.717) is 18.8 Å². The lowest BCUT2D eigenvalue weighted by atomic mass is 10.2. The number of fused-ring (bicyclic) bond motifs is 1. The Labute approximate surface area is 168 Å². The van der Waals surface area contributed by atoms with Crippen molar-refractivity contribution in [3.63, 3.8) is 0 Å². The van der Waals surface area contributed by atoms with Gasteiger partial charge in [-0.2, -0.15) is 0 Å². The number of rotatable bonds is 5. The van der Waals surface area contributed by atoms with Crippen LogP contribution in [0.5, 0.6) is 11.5 Å². The van der Waals surface area contributed by atoms with Gasteiger partial charge in [-0.3, -0.25) is 4.79 Å². The van der Waals surface area contributed by atoms with Crippen LogP contribution in [-0.2, 0) is 4.79 Å². The number of carbonyl (C=O) groups is 1. The summed E-state index contributed by atoms with van der Waals surface area (Å²) in [5.74, 6) is 1.44. The molecule has 0 unspecified atom stereocenters. The summed E-state index contributed by atoms with van der Waals surface area (Å²) in [6.07, 6.45) is 0. The summed E-state index contributed by atoms with van der Waals surface area (Å²) in [6.45, 7) is 5.07. The van der Waals surface area contributed by atoms with E-state index in [4.69, 9.17) is 14.5 Å². The van der Waals surface area contributed by atoms with Crippen LogP contribution in [0.4, 0.5) is 5.13 Å². The molecule has 1 amide bonds. The Morgan fingerprint density at radius 3 is 2.50 bits per heavy atom. The predicted octanol–water partition coefficient (Wildman–Crippen LogP) is 3.34. The molecule has 1 aliphatic heterocycles. The third kappa shape index (κ3) is 4.04. The zero-order chi connectivity index (χ0) is 19.5. The van der Waals surface area contributed by atoms with Gasteiger partial charge >= 0.3 is 0 Å². The highest BCUT2D eigenvalue weighted by molar-refractivity contribution is 7.22. The fraction of sp³-hybridized carbons (Fsp3) is 0.333. The Bertz CT molecular complexity index is 963. The first-order valence-electron chi connectivity index (χ1n) is 9.29. The molecule has 146 valence electrons. The quantitative estimate of drug-likeness (QED) is 0.661. The molecule has 0 bridgehead atoms. The van der Waals surface area contributed by atoms with Crippen molar-refractivity contribution in [2.75, 3.05) is 44.8 Å². The van der Waals surface area contributed by atoms with Crippen LogP contribution in [0.3, 0.4) is 0 Å². The Morgan fingerprint density at radius 1 is 1.07 bits per heavy atom. The number of benzene rings is 2. The van der Waals surface area contributed by atoms with Gasteiger partial charge in [-0.05, 0) is 48.9 Å². The number of aromatic nitrogens is 1. The van der Waals surface area contributed by atoms with Crippen molar-refractivity contribution < 1.29 is 14.3 Å². The van der Waals surface area contributed by atoms with Crippen LogP contribution in [0.1, 0.15) is 5.56 Å². The average molecular weight is 398 g/mol. The van der Waals surface area contributed by atoms with Crippen LogP contribution < -0.4 is 14.4 Å². The molecule has 7 heteroatoms. The van der Waals surface area contributed by atoms with Gasteiger partial charge in [0.2, 0.25) is 0 Å². The van der Waals surface area contributed by atoms with Gasteiger partial charge in [0.25, 0.3) is 5.91 Å². The number of aryl methyl sites for hydroxylation is 1. The zero-order valence-corrected chi connectivity index (χ0v) is 16.9. The molecule has 2 aromatic carbocycles. The number of hydrogen-bond acceptors (Lipinski definition) is 6. The summed E-state index contributed by atoms with van der Waals surface area (Å²) < 4.78 is 11.9. The first-order valence-corrected chi connectivity index (χ1v) is 10.1. The molecule has 0 radical (unpaired) electrons. The number of thiazole rings is 1. The number of piperazine rings is 1. The van der Waals surface area contributed by atoms with Crippen LogP contribution in [0.2, 0.25) is 0 Å². The van der Waals surface area contributed by atoms with E-state index in [2.05, 4.69) is 30.0 Å². The molecule has 0 N–H and O–H groups in total. The second kappa shape index (κ2) is 8.06. The number of anilines is 1. The van der Waals surface area contributed by atoms with E-state index in [1.807, 2.05) is 17.0 Å². The summed E-state index contributed by atoms with van der Waals surface area (Å²) in [5.41, 5.74) is 2.28. The first-order chi connectivity index (χ1) is 13.6. The van der Waals surface area contributed by atoms with Crippen molar-refractivity contribution in [1.29, 1.82) is 0 Å². The largest absolute Gasteiger partial charge is 0.497 e. The van der Waals surface area contributed by atoms with Crippen molar-refractivity contribution >= 4 is 32.6 Å². The summed E-state index contributed by atoms with van der Waals surface area (Å²) in [7, 11) is 1.62. The fourth-order valence-corrected chi connectivity index (χ4v) is 4.33. The number of carbonyl (C=O) groups excluding carboxylic acids is 1. The monoisotopic (exact) mass is 397 g/mol. The smallest absolute Gasteiger partial charge is 0.260 e. The second-order valence-corrected chi connectivity index (χ2v) is 7.81. The van der Waals surface area contributed by atoms with E-state index >= 15 is 0 Å². The molecule has 0 aliphatic carbocycles. The first kappa shape index (κ1) is 18.6. The van der Waals surface area contributed by atoms with Crippen LogP contribution in [0.25, 0.3) is 10.2 Å². The SMILES string of the molecule is COc1ccc(OCC(=O)N2CCN(c3nc4ccc(C)cc4s3)CC2)cc1. The summed E-state index contributed by atoms with van der Waals surface area (Å²) in [6, 6.07) is 13.6. The van der Waals surface area contributed by atoms with E-state index in [0.717, 1.165) is 29.5 Å². The third-order valence-corrected chi connectivity index (χ3v) is 5.94. The maximum Gasteiger partial charge on any atom is 0.260 e. The van der Waals surface area contributed by atoms with Crippen molar-refractivity contribution in [2.45, 2.75) is 6.92 Å². The third-order valence-electron chi connectivity index (χ3n) is 4.86. The molecule has 1 aromatic heterocycles. The van der Waals surface area contributed by atoms with Crippen molar-refractivity contribution in [3.05, 3.63) is 48.0 Å². The van der Waals surface area contributed by atoms with Gasteiger partial charge in [-0.25, -0.2) is 4.98 Å². The number of methoxy groups -OCH3 is 1. The topological polar surface area (TPSA) is 54.9 Å². The Morgan fingerprint density at radius 2 is 1.79 bits per heavy atom. The molecule has 3 aromatic rings. The molecule has 1 aliphatic rings. The van der Waals surface area contributed by atoms with Crippen LogP contribution >= 0.6 is 11.3 Å². The number of ether oxygens (including phenoxy) is 2. The normalized spacial score (nSPS) is 14.4. The van der Waals surface area contributed by atoms with Gasteiger partial charge in [0, 0.05) is 26.2 Å². The van der Waals surface area contributed by atoms with Gasteiger partial charge in [-0.15, -0.1) is 0 Å². The molecule has 0 atom stereocenters. The minimum Gasteiger partial charge on any atom is -0.497 e. The van der Waals surface area contributed by atoms with Crippen molar-refractivity contribution in [1.82, 2.24) is 9.88 Å². The Kier molecular flexibility index (Phi) is 5.34. The summed E-state index contributed by atoms with van der Waals surface area (Å²) >= 11 is 1.71. The van der Waals surface area contributed by atoms with E-state index in [1.54, 1.807) is 30.6 Å². The molecule has 4 rings (SSSR count). The molecule has 1 saturated heterocycles. The number of hydrogen-bond donors (Lipinski definition) is 0. The fourth-order valence-electron chi connectivity index (χ4n) is 3.21. The lowest BCUT2D eigenvalue weighted by Crippen LogP contribution is -2.50. The summed E-state index contributed by atoms with van der Waals surface area (Å²) in [4.78, 5) is 21.3. The molecule has 28 heavy (non-hydrogen) atoms. The average Bonchev–Trinajstić information content (AvgIpc) is 3.15. The van der Waals surface area contributed by atoms with Gasteiger partial charge in [0.15, 0.2) is 11.7 Å². The highest BCUT2D eigenvalue weighted by Gasteiger charge is 2.23. The molecule has 2 heterocycles. The minimum atomic E-state index is 0.00962. The minimum absolute atomic E-state index is 0.00962. The van der Waals surface area contributed by atoms with Crippen LogP contribution in [0.15, 0.2) is 42.5 Å². The molecule has 0 saturated carbocycles. The van der Waals surface area contributed by atoms with Gasteiger partial charge in [0.05, 0.1) is 17.3 Å². The van der Waals surface area contributed by atoms with E-state index in [9.17, 15) is 4.79 Å². The second-order valence-electron chi connectivity index (χ2n) is 6.80. The van der Waals surface area contributed by atoms with Crippen LogP contribution in [-0.4, -0.2) is 55.7 Å². The molecular formula is C21H23N3O3S. The molecule has 0 spiro atoms. The predicted molar refractivity (Wildman–Crippen MR) is 112 cm³/mol. The van der Waals surface area contributed by atoms with Gasteiger partial charge < -0.3 is 19.3 Å². The molecule has 1 fully saturated rings. The maximum absolute atomic E-state index is 12.5. The summed E-state index contributed by atoms with van der Waals surface area (Å²) in [5, 5.41) is 1.03. The van der Waals surface area contributed by atoms with Crippen molar-refractivity contribution in [2.24, 2.45) is 0 Å². The number of amides is 1.